The van der Waals surface area contributed by atoms with E-state index in [0.29, 0.717) is 15.3 Å². The highest BCUT2D eigenvalue weighted by molar-refractivity contribution is 9.10. The maximum absolute atomic E-state index is 13.8. The van der Waals surface area contributed by atoms with Crippen molar-refractivity contribution in [2.45, 2.75) is 17.3 Å². The first-order chi connectivity index (χ1) is 11.0. The van der Waals surface area contributed by atoms with Crippen molar-refractivity contribution in [3.05, 3.63) is 52.9 Å². The molecule has 3 rings (SSSR count). The Morgan fingerprint density at radius 1 is 1.35 bits per heavy atom. The van der Waals surface area contributed by atoms with Crippen LogP contribution in [0.15, 0.2) is 52.2 Å². The zero-order valence-electron chi connectivity index (χ0n) is 12.0. The molecule has 0 aliphatic rings. The number of amides is 1. The number of halogens is 2. The van der Waals surface area contributed by atoms with Gasteiger partial charge in [-0.15, -0.1) is 10.2 Å². The predicted octanol–water partition coefficient (Wildman–Crippen LogP) is 3.75. The third kappa shape index (κ3) is 3.53. The maximum atomic E-state index is 13.8. The summed E-state index contributed by atoms with van der Waals surface area (Å²) in [5.74, 6) is -0.790. The normalized spacial score (nSPS) is 12.3. The van der Waals surface area contributed by atoms with Gasteiger partial charge in [-0.1, -0.05) is 33.8 Å². The van der Waals surface area contributed by atoms with Crippen molar-refractivity contribution < 1.29 is 9.18 Å². The second-order valence-corrected chi connectivity index (χ2v) is 7.01. The average molecular weight is 395 g/mol. The molecule has 1 aromatic carbocycles. The molecule has 1 atom stereocenters. The van der Waals surface area contributed by atoms with Crippen LogP contribution in [-0.2, 0) is 4.79 Å². The Morgan fingerprint density at radius 2 is 2.17 bits per heavy atom. The van der Waals surface area contributed by atoms with Gasteiger partial charge in [0.15, 0.2) is 10.8 Å². The van der Waals surface area contributed by atoms with E-state index >= 15 is 0 Å². The fraction of sp³-hybridized carbons (Fsp3) is 0.133. The lowest BCUT2D eigenvalue weighted by molar-refractivity contribution is -0.115. The van der Waals surface area contributed by atoms with E-state index in [1.165, 1.54) is 23.9 Å². The van der Waals surface area contributed by atoms with Gasteiger partial charge in [-0.2, -0.15) is 0 Å². The first kappa shape index (κ1) is 15.9. The summed E-state index contributed by atoms with van der Waals surface area (Å²) in [4.78, 5) is 12.2. The van der Waals surface area contributed by atoms with Crippen LogP contribution in [0, 0.1) is 5.82 Å². The molecule has 2 aromatic heterocycles. The van der Waals surface area contributed by atoms with Crippen molar-refractivity contribution in [2.75, 3.05) is 5.32 Å². The topological polar surface area (TPSA) is 59.3 Å². The highest BCUT2D eigenvalue weighted by atomic mass is 79.9. The molecule has 118 valence electrons. The second kappa shape index (κ2) is 6.67. The summed E-state index contributed by atoms with van der Waals surface area (Å²) in [6.07, 6.45) is 1.83. The molecule has 0 spiro atoms. The molecule has 8 heteroatoms. The molecule has 23 heavy (non-hydrogen) atoms. The zero-order chi connectivity index (χ0) is 16.4. The van der Waals surface area contributed by atoms with Gasteiger partial charge < -0.3 is 5.32 Å². The smallest absolute Gasteiger partial charge is 0.237 e. The van der Waals surface area contributed by atoms with Crippen molar-refractivity contribution in [2.24, 2.45) is 0 Å². The molecule has 0 aliphatic heterocycles. The third-order valence-electron chi connectivity index (χ3n) is 3.12. The number of nitrogens with zero attached hydrogens (tertiary/aromatic N) is 3. The van der Waals surface area contributed by atoms with Crippen LogP contribution in [0.25, 0.3) is 5.65 Å². The summed E-state index contributed by atoms with van der Waals surface area (Å²) in [6.45, 7) is 1.74. The summed E-state index contributed by atoms with van der Waals surface area (Å²) >= 11 is 4.44. The quantitative estimate of drug-likeness (QED) is 0.684. The van der Waals surface area contributed by atoms with Crippen molar-refractivity contribution in [3.63, 3.8) is 0 Å². The van der Waals surface area contributed by atoms with Gasteiger partial charge in [0.05, 0.1) is 10.9 Å². The van der Waals surface area contributed by atoms with Gasteiger partial charge in [0.1, 0.15) is 5.82 Å². The summed E-state index contributed by atoms with van der Waals surface area (Å²) < 4.78 is 16.2. The Balaban J connectivity index is 1.72. The number of rotatable bonds is 4. The summed E-state index contributed by atoms with van der Waals surface area (Å²) in [5, 5.41) is 10.8. The van der Waals surface area contributed by atoms with Crippen molar-refractivity contribution in [1.82, 2.24) is 14.6 Å². The van der Waals surface area contributed by atoms with Crippen molar-refractivity contribution in [3.8, 4) is 0 Å². The number of carbonyl (C=O) groups excluding carboxylic acids is 1. The van der Waals surface area contributed by atoms with Crippen LogP contribution in [0.3, 0.4) is 0 Å². The molecular weight excluding hydrogens is 383 g/mol. The Hall–Kier alpha value is -1.93. The van der Waals surface area contributed by atoms with Gasteiger partial charge >= 0.3 is 0 Å². The number of hydrogen-bond acceptors (Lipinski definition) is 4. The molecule has 0 fully saturated rings. The fourth-order valence-electron chi connectivity index (χ4n) is 1.94. The average Bonchev–Trinajstić information content (AvgIpc) is 2.93. The molecular formula is C15H12BrFN4OS. The lowest BCUT2D eigenvalue weighted by Crippen LogP contribution is -2.23. The van der Waals surface area contributed by atoms with E-state index in [-0.39, 0.29) is 11.6 Å². The molecule has 1 amide bonds. The fourth-order valence-corrected chi connectivity index (χ4v) is 3.11. The summed E-state index contributed by atoms with van der Waals surface area (Å²) in [7, 11) is 0. The van der Waals surface area contributed by atoms with E-state index in [9.17, 15) is 9.18 Å². The first-order valence-electron chi connectivity index (χ1n) is 6.77. The van der Waals surface area contributed by atoms with E-state index in [2.05, 4.69) is 31.4 Å². The Bertz CT molecular complexity index is 870. The Kier molecular flexibility index (Phi) is 4.63. The van der Waals surface area contributed by atoms with Crippen LogP contribution in [0.5, 0.6) is 0 Å². The van der Waals surface area contributed by atoms with Crippen LogP contribution in [0.4, 0.5) is 10.1 Å². The monoisotopic (exact) mass is 394 g/mol. The molecule has 5 nitrogen and oxygen atoms in total. The summed E-state index contributed by atoms with van der Waals surface area (Å²) in [5.41, 5.74) is 0.860. The molecule has 0 unspecified atom stereocenters. The maximum Gasteiger partial charge on any atom is 0.237 e. The van der Waals surface area contributed by atoms with Crippen LogP contribution < -0.4 is 5.32 Å². The van der Waals surface area contributed by atoms with Gasteiger partial charge in [-0.05, 0) is 37.3 Å². The van der Waals surface area contributed by atoms with Gasteiger partial charge in [0, 0.05) is 10.7 Å². The molecule has 0 saturated heterocycles. The van der Waals surface area contributed by atoms with Crippen LogP contribution >= 0.6 is 27.7 Å². The second-order valence-electron chi connectivity index (χ2n) is 4.78. The zero-order valence-corrected chi connectivity index (χ0v) is 14.4. The van der Waals surface area contributed by atoms with Crippen LogP contribution in [0.2, 0.25) is 0 Å². The van der Waals surface area contributed by atoms with E-state index in [4.69, 9.17) is 0 Å². The van der Waals surface area contributed by atoms with E-state index < -0.39 is 11.1 Å². The molecule has 0 saturated carbocycles. The van der Waals surface area contributed by atoms with Gasteiger partial charge in [0.2, 0.25) is 5.91 Å². The molecule has 1 N–H and O–H groups in total. The molecule has 2 heterocycles. The largest absolute Gasteiger partial charge is 0.323 e. The van der Waals surface area contributed by atoms with Crippen LogP contribution in [-0.4, -0.2) is 25.8 Å². The number of fused-ring (bicyclic) bond motifs is 1. The Labute approximate surface area is 144 Å². The number of hydrogen-bond donors (Lipinski definition) is 1. The minimum atomic E-state index is -0.488. The molecule has 0 aliphatic carbocycles. The first-order valence-corrected chi connectivity index (χ1v) is 8.44. The Morgan fingerprint density at radius 3 is 2.96 bits per heavy atom. The van der Waals surface area contributed by atoms with E-state index in [0.717, 1.165) is 0 Å². The number of aromatic nitrogens is 3. The number of nitrogens with one attached hydrogen (secondary N) is 1. The third-order valence-corrected chi connectivity index (χ3v) is 4.67. The number of anilines is 1. The predicted molar refractivity (Wildman–Crippen MR) is 91.0 cm³/mol. The minimum Gasteiger partial charge on any atom is -0.323 e. The highest BCUT2D eigenvalue weighted by Gasteiger charge is 2.19. The van der Waals surface area contributed by atoms with Gasteiger partial charge in [-0.3, -0.25) is 9.20 Å². The lowest BCUT2D eigenvalue weighted by Gasteiger charge is -2.11. The molecule has 0 bridgehead atoms. The van der Waals surface area contributed by atoms with Gasteiger partial charge in [0.25, 0.3) is 0 Å². The molecule has 3 aromatic rings. The standard InChI is InChI=1S/C15H12BrFN4OS/c1-9(14(22)18-12-6-5-10(16)8-11(12)17)23-15-20-19-13-4-2-3-7-21(13)15/h2-9H,1H3,(H,18,22)/t9-/m0/s1. The van der Waals surface area contributed by atoms with Crippen molar-refractivity contribution >= 4 is 44.9 Å². The number of benzene rings is 1. The molecule has 0 radical (unpaired) electrons. The minimum absolute atomic E-state index is 0.150. The number of pyridine rings is 1. The van der Waals surface area contributed by atoms with E-state index in [1.54, 1.807) is 17.4 Å². The summed E-state index contributed by atoms with van der Waals surface area (Å²) in [6, 6.07) is 10.1. The van der Waals surface area contributed by atoms with Gasteiger partial charge in [-0.25, -0.2) is 4.39 Å². The number of thioether (sulfide) groups is 1. The SMILES string of the molecule is C[C@H](Sc1nnc2ccccn12)C(=O)Nc1ccc(Br)cc1F. The highest BCUT2D eigenvalue weighted by Crippen LogP contribution is 2.24. The number of carbonyl (C=O) groups is 1. The van der Waals surface area contributed by atoms with Crippen molar-refractivity contribution in [1.29, 1.82) is 0 Å². The lowest BCUT2D eigenvalue weighted by atomic mass is 10.3. The van der Waals surface area contributed by atoms with E-state index in [1.807, 2.05) is 24.4 Å². The van der Waals surface area contributed by atoms with Crippen LogP contribution in [0.1, 0.15) is 6.92 Å².